The summed E-state index contributed by atoms with van der Waals surface area (Å²) >= 11 is 3.31. The molecule has 0 spiro atoms. The molecular formula is C14H8BrN3O3. The minimum Gasteiger partial charge on any atom is -0.455 e. The van der Waals surface area contributed by atoms with E-state index in [9.17, 15) is 10.1 Å². The Morgan fingerprint density at radius 2 is 1.95 bits per heavy atom. The lowest BCUT2D eigenvalue weighted by atomic mass is 10.1. The van der Waals surface area contributed by atoms with Crippen molar-refractivity contribution in [1.29, 1.82) is 0 Å². The summed E-state index contributed by atoms with van der Waals surface area (Å²) in [5.74, 6) is 1.02. The summed E-state index contributed by atoms with van der Waals surface area (Å²) in [6.45, 7) is 0. The number of fused-ring (bicyclic) bond motifs is 1. The molecule has 0 aliphatic heterocycles. The molecule has 0 aliphatic rings. The third-order valence-electron chi connectivity index (χ3n) is 2.86. The maximum absolute atomic E-state index is 11.1. The molecule has 0 unspecified atom stereocenters. The number of halogens is 1. The maximum Gasteiger partial charge on any atom is 0.277 e. The van der Waals surface area contributed by atoms with E-state index in [1.54, 1.807) is 36.8 Å². The Morgan fingerprint density at radius 3 is 2.71 bits per heavy atom. The van der Waals surface area contributed by atoms with Crippen molar-refractivity contribution in [3.8, 4) is 11.5 Å². The van der Waals surface area contributed by atoms with Crippen molar-refractivity contribution in [2.45, 2.75) is 0 Å². The first-order valence-corrected chi connectivity index (χ1v) is 6.74. The van der Waals surface area contributed by atoms with Gasteiger partial charge in [0, 0.05) is 34.5 Å². The Balaban J connectivity index is 2.12. The number of hydrogen-bond acceptors (Lipinski definition) is 5. The van der Waals surface area contributed by atoms with Crippen molar-refractivity contribution in [2.75, 3.05) is 0 Å². The van der Waals surface area contributed by atoms with Crippen molar-refractivity contribution < 1.29 is 9.66 Å². The summed E-state index contributed by atoms with van der Waals surface area (Å²) in [7, 11) is 0. The number of ether oxygens (including phenoxy) is 1. The third-order valence-corrected chi connectivity index (χ3v) is 3.29. The zero-order chi connectivity index (χ0) is 14.8. The quantitative estimate of drug-likeness (QED) is 0.527. The van der Waals surface area contributed by atoms with E-state index in [2.05, 4.69) is 25.9 Å². The number of aromatic nitrogens is 2. The average Bonchev–Trinajstić information content (AvgIpc) is 2.47. The molecule has 3 rings (SSSR count). The first kappa shape index (κ1) is 13.4. The highest BCUT2D eigenvalue weighted by molar-refractivity contribution is 9.10. The predicted molar refractivity (Wildman–Crippen MR) is 80.4 cm³/mol. The highest BCUT2D eigenvalue weighted by Crippen LogP contribution is 2.34. The molecule has 1 aromatic carbocycles. The van der Waals surface area contributed by atoms with Crippen LogP contribution in [-0.2, 0) is 0 Å². The second kappa shape index (κ2) is 5.45. The van der Waals surface area contributed by atoms with Gasteiger partial charge in [-0.15, -0.1) is 0 Å². The van der Waals surface area contributed by atoms with Crippen LogP contribution in [0.25, 0.3) is 10.8 Å². The number of rotatable bonds is 3. The van der Waals surface area contributed by atoms with Crippen LogP contribution in [-0.4, -0.2) is 14.9 Å². The van der Waals surface area contributed by atoms with Gasteiger partial charge >= 0.3 is 0 Å². The molecule has 0 saturated heterocycles. The van der Waals surface area contributed by atoms with Crippen molar-refractivity contribution >= 4 is 32.4 Å². The van der Waals surface area contributed by atoms with Gasteiger partial charge in [-0.25, -0.2) is 0 Å². The Morgan fingerprint density at radius 1 is 1.10 bits per heavy atom. The first-order chi connectivity index (χ1) is 10.1. The minimum atomic E-state index is -0.424. The normalized spacial score (nSPS) is 10.5. The third kappa shape index (κ3) is 2.68. The number of benzene rings is 1. The SMILES string of the molecule is O=[N+]([O-])c1ccc(Oc2cncc(Br)c2)c2cnccc12. The van der Waals surface area contributed by atoms with Gasteiger partial charge in [-0.1, -0.05) is 0 Å². The van der Waals surface area contributed by atoms with E-state index in [0.717, 1.165) is 4.47 Å². The maximum atomic E-state index is 11.1. The van der Waals surface area contributed by atoms with Crippen LogP contribution < -0.4 is 4.74 Å². The highest BCUT2D eigenvalue weighted by atomic mass is 79.9. The average molecular weight is 346 g/mol. The lowest BCUT2D eigenvalue weighted by Gasteiger charge is -2.08. The Labute approximate surface area is 127 Å². The molecule has 2 aromatic heterocycles. The summed E-state index contributed by atoms with van der Waals surface area (Å²) < 4.78 is 6.53. The molecule has 0 amide bonds. The molecule has 0 radical (unpaired) electrons. The number of nitrogens with zero attached hydrogens (tertiary/aromatic N) is 3. The fraction of sp³-hybridized carbons (Fsp3) is 0. The molecule has 0 aliphatic carbocycles. The van der Waals surface area contributed by atoms with Crippen molar-refractivity contribution in [3.05, 3.63) is 63.6 Å². The Bertz CT molecular complexity index is 839. The van der Waals surface area contributed by atoms with Crippen LogP contribution in [0, 0.1) is 10.1 Å². The molecule has 6 nitrogen and oxygen atoms in total. The highest BCUT2D eigenvalue weighted by Gasteiger charge is 2.15. The molecule has 0 saturated carbocycles. The van der Waals surface area contributed by atoms with E-state index in [-0.39, 0.29) is 5.69 Å². The topological polar surface area (TPSA) is 78.2 Å². The van der Waals surface area contributed by atoms with Gasteiger partial charge in [0.15, 0.2) is 0 Å². The van der Waals surface area contributed by atoms with Crippen LogP contribution in [0.15, 0.2) is 53.5 Å². The lowest BCUT2D eigenvalue weighted by molar-refractivity contribution is -0.383. The summed E-state index contributed by atoms with van der Waals surface area (Å²) in [6.07, 6.45) is 6.26. The van der Waals surface area contributed by atoms with Gasteiger partial charge in [-0.3, -0.25) is 20.1 Å². The van der Waals surface area contributed by atoms with E-state index in [4.69, 9.17) is 4.74 Å². The molecule has 0 atom stereocenters. The number of non-ortho nitro benzene ring substituents is 1. The van der Waals surface area contributed by atoms with E-state index < -0.39 is 4.92 Å². The van der Waals surface area contributed by atoms with Crippen LogP contribution in [0.2, 0.25) is 0 Å². The van der Waals surface area contributed by atoms with Gasteiger partial charge in [0.2, 0.25) is 0 Å². The zero-order valence-corrected chi connectivity index (χ0v) is 12.1. The predicted octanol–water partition coefficient (Wildman–Crippen LogP) is 4.09. The summed E-state index contributed by atoms with van der Waals surface area (Å²) in [5, 5.41) is 12.1. The summed E-state index contributed by atoms with van der Waals surface area (Å²) in [6, 6.07) is 6.34. The molecule has 104 valence electrons. The second-order valence-electron chi connectivity index (χ2n) is 4.20. The molecule has 0 fully saturated rings. The van der Waals surface area contributed by atoms with Crippen LogP contribution in [0.5, 0.6) is 11.5 Å². The smallest absolute Gasteiger partial charge is 0.277 e. The summed E-state index contributed by atoms with van der Waals surface area (Å²) in [5.41, 5.74) is 0.0205. The minimum absolute atomic E-state index is 0.0205. The molecular weight excluding hydrogens is 338 g/mol. The Hall–Kier alpha value is -2.54. The number of hydrogen-bond donors (Lipinski definition) is 0. The van der Waals surface area contributed by atoms with Crippen LogP contribution >= 0.6 is 15.9 Å². The molecule has 0 bridgehead atoms. The van der Waals surface area contributed by atoms with Gasteiger partial charge in [0.25, 0.3) is 5.69 Å². The molecule has 7 heteroatoms. The summed E-state index contributed by atoms with van der Waals surface area (Å²) in [4.78, 5) is 18.6. The van der Waals surface area contributed by atoms with Crippen molar-refractivity contribution in [1.82, 2.24) is 9.97 Å². The van der Waals surface area contributed by atoms with E-state index in [0.29, 0.717) is 22.3 Å². The van der Waals surface area contributed by atoms with Gasteiger partial charge < -0.3 is 4.74 Å². The number of nitro benzene ring substituents is 1. The van der Waals surface area contributed by atoms with Crippen LogP contribution in [0.3, 0.4) is 0 Å². The number of nitro groups is 1. The van der Waals surface area contributed by atoms with E-state index in [1.165, 1.54) is 12.3 Å². The van der Waals surface area contributed by atoms with Crippen molar-refractivity contribution in [2.24, 2.45) is 0 Å². The largest absolute Gasteiger partial charge is 0.455 e. The standard InChI is InChI=1S/C14H8BrN3O3/c15-9-5-10(7-17-6-9)21-14-2-1-13(18(19)20)11-3-4-16-8-12(11)14/h1-8H. The molecule has 2 heterocycles. The Kier molecular flexibility index (Phi) is 3.49. The second-order valence-corrected chi connectivity index (χ2v) is 5.12. The van der Waals surface area contributed by atoms with Crippen LogP contribution in [0.1, 0.15) is 0 Å². The van der Waals surface area contributed by atoms with Gasteiger partial charge in [-0.2, -0.15) is 0 Å². The zero-order valence-electron chi connectivity index (χ0n) is 10.6. The van der Waals surface area contributed by atoms with E-state index >= 15 is 0 Å². The van der Waals surface area contributed by atoms with E-state index in [1.807, 2.05) is 0 Å². The number of pyridine rings is 2. The van der Waals surface area contributed by atoms with Gasteiger partial charge in [0.05, 0.1) is 16.5 Å². The first-order valence-electron chi connectivity index (χ1n) is 5.94. The monoisotopic (exact) mass is 345 g/mol. The van der Waals surface area contributed by atoms with Gasteiger partial charge in [0.1, 0.15) is 11.5 Å². The lowest BCUT2D eigenvalue weighted by Crippen LogP contribution is -1.93. The van der Waals surface area contributed by atoms with Crippen molar-refractivity contribution in [3.63, 3.8) is 0 Å². The fourth-order valence-electron chi connectivity index (χ4n) is 1.97. The molecule has 0 N–H and O–H groups in total. The van der Waals surface area contributed by atoms with Crippen LogP contribution in [0.4, 0.5) is 5.69 Å². The fourth-order valence-corrected chi connectivity index (χ4v) is 2.32. The molecule has 21 heavy (non-hydrogen) atoms. The van der Waals surface area contributed by atoms with Gasteiger partial charge in [-0.05, 0) is 34.1 Å². The molecule has 3 aromatic rings.